The van der Waals surface area contributed by atoms with Crippen LogP contribution in [0.5, 0.6) is 5.75 Å². The molecule has 0 radical (unpaired) electrons. The second-order valence-electron chi connectivity index (χ2n) is 2.64. The van der Waals surface area contributed by atoms with Gasteiger partial charge in [0.15, 0.2) is 0 Å². The van der Waals surface area contributed by atoms with E-state index >= 15 is 0 Å². The first kappa shape index (κ1) is 11.0. The second-order valence-corrected chi connectivity index (χ2v) is 3.44. The summed E-state index contributed by atoms with van der Waals surface area (Å²) < 4.78 is 18.0. The molecule has 0 N–H and O–H groups in total. The Morgan fingerprint density at radius 1 is 1.50 bits per heavy atom. The predicted octanol–water partition coefficient (Wildman–Crippen LogP) is 2.86. The average Bonchev–Trinajstić information content (AvgIpc) is 2.20. The minimum absolute atomic E-state index is 0.236. The number of ether oxygens (including phenoxy) is 1. The van der Waals surface area contributed by atoms with E-state index in [0.29, 0.717) is 12.4 Å². The van der Waals surface area contributed by atoms with Crippen LogP contribution in [-0.4, -0.2) is 11.9 Å². The SMILES string of the molecule is N#Cc1cc(F)ccc1OCCCBr. The standard InChI is InChI=1S/C10H9BrFNO/c11-4-1-5-14-10-3-2-9(12)6-8(10)7-13/h2-3,6H,1,4-5H2. The maximum Gasteiger partial charge on any atom is 0.137 e. The molecule has 0 saturated carbocycles. The normalized spacial score (nSPS) is 9.50. The average molecular weight is 258 g/mol. The Bertz CT molecular complexity index is 348. The van der Waals surface area contributed by atoms with Crippen molar-refractivity contribution < 1.29 is 9.13 Å². The monoisotopic (exact) mass is 257 g/mol. The molecule has 1 aromatic rings. The quantitative estimate of drug-likeness (QED) is 0.614. The van der Waals surface area contributed by atoms with Gasteiger partial charge < -0.3 is 4.74 Å². The van der Waals surface area contributed by atoms with Crippen molar-refractivity contribution in [3.8, 4) is 11.8 Å². The minimum atomic E-state index is -0.422. The molecule has 0 bridgehead atoms. The summed E-state index contributed by atoms with van der Waals surface area (Å²) in [5, 5.41) is 9.54. The molecule has 14 heavy (non-hydrogen) atoms. The van der Waals surface area contributed by atoms with E-state index in [4.69, 9.17) is 10.00 Å². The van der Waals surface area contributed by atoms with Crippen molar-refractivity contribution in [2.75, 3.05) is 11.9 Å². The van der Waals surface area contributed by atoms with Crippen molar-refractivity contribution in [2.24, 2.45) is 0 Å². The molecule has 0 aromatic heterocycles. The highest BCUT2D eigenvalue weighted by Crippen LogP contribution is 2.18. The number of alkyl halides is 1. The van der Waals surface area contributed by atoms with Crippen LogP contribution in [0.15, 0.2) is 18.2 Å². The van der Waals surface area contributed by atoms with Gasteiger partial charge in [-0.3, -0.25) is 0 Å². The van der Waals surface area contributed by atoms with Gasteiger partial charge >= 0.3 is 0 Å². The van der Waals surface area contributed by atoms with Crippen LogP contribution in [0.4, 0.5) is 4.39 Å². The summed E-state index contributed by atoms with van der Waals surface area (Å²) in [6, 6.07) is 5.81. The van der Waals surface area contributed by atoms with Gasteiger partial charge in [0.1, 0.15) is 17.6 Å². The van der Waals surface area contributed by atoms with Gasteiger partial charge in [-0.25, -0.2) is 4.39 Å². The largest absolute Gasteiger partial charge is 0.492 e. The maximum absolute atomic E-state index is 12.7. The molecular formula is C10H9BrFNO. The number of nitriles is 1. The number of hydrogen-bond donors (Lipinski definition) is 0. The summed E-state index contributed by atoms with van der Waals surface area (Å²) in [5.41, 5.74) is 0.236. The Kier molecular flexibility index (Phi) is 4.41. The van der Waals surface area contributed by atoms with Crippen LogP contribution in [0.3, 0.4) is 0 Å². The van der Waals surface area contributed by atoms with Gasteiger partial charge in [-0.15, -0.1) is 0 Å². The molecule has 0 aliphatic rings. The molecule has 0 unspecified atom stereocenters. The highest BCUT2D eigenvalue weighted by molar-refractivity contribution is 9.09. The lowest BCUT2D eigenvalue weighted by atomic mass is 10.2. The summed E-state index contributed by atoms with van der Waals surface area (Å²) >= 11 is 3.27. The van der Waals surface area contributed by atoms with E-state index in [9.17, 15) is 4.39 Å². The van der Waals surface area contributed by atoms with Crippen LogP contribution >= 0.6 is 15.9 Å². The van der Waals surface area contributed by atoms with E-state index in [-0.39, 0.29) is 5.56 Å². The fourth-order valence-corrected chi connectivity index (χ4v) is 1.18. The Hall–Kier alpha value is -1.08. The number of hydrogen-bond acceptors (Lipinski definition) is 2. The fraction of sp³-hybridized carbons (Fsp3) is 0.300. The Morgan fingerprint density at radius 3 is 2.93 bits per heavy atom. The highest BCUT2D eigenvalue weighted by Gasteiger charge is 2.03. The lowest BCUT2D eigenvalue weighted by Crippen LogP contribution is -1.99. The van der Waals surface area contributed by atoms with Crippen LogP contribution in [0.25, 0.3) is 0 Å². The van der Waals surface area contributed by atoms with Gasteiger partial charge in [0.05, 0.1) is 12.2 Å². The van der Waals surface area contributed by atoms with Gasteiger partial charge in [0.25, 0.3) is 0 Å². The number of benzene rings is 1. The molecule has 2 nitrogen and oxygen atoms in total. The van der Waals surface area contributed by atoms with Gasteiger partial charge in [-0.2, -0.15) is 5.26 Å². The fourth-order valence-electron chi connectivity index (χ4n) is 0.952. The summed E-state index contributed by atoms with van der Waals surface area (Å²) in [6.45, 7) is 0.519. The first-order valence-corrected chi connectivity index (χ1v) is 5.28. The highest BCUT2D eigenvalue weighted by atomic mass is 79.9. The van der Waals surface area contributed by atoms with E-state index < -0.39 is 5.82 Å². The number of rotatable bonds is 4. The third-order valence-electron chi connectivity index (χ3n) is 1.60. The zero-order chi connectivity index (χ0) is 10.4. The molecule has 1 aromatic carbocycles. The molecule has 74 valence electrons. The molecule has 0 saturated heterocycles. The first-order valence-electron chi connectivity index (χ1n) is 4.16. The molecular weight excluding hydrogens is 249 g/mol. The zero-order valence-electron chi connectivity index (χ0n) is 7.46. The summed E-state index contributed by atoms with van der Waals surface area (Å²) in [5.74, 6) is 0.0178. The van der Waals surface area contributed by atoms with Crippen molar-refractivity contribution in [3.05, 3.63) is 29.6 Å². The van der Waals surface area contributed by atoms with Gasteiger partial charge in [0, 0.05) is 5.33 Å². The van der Waals surface area contributed by atoms with Crippen LogP contribution in [0, 0.1) is 17.1 Å². The number of nitrogens with zero attached hydrogens (tertiary/aromatic N) is 1. The summed E-state index contributed by atoms with van der Waals surface area (Å²) in [6.07, 6.45) is 0.849. The third kappa shape index (κ3) is 3.00. The van der Waals surface area contributed by atoms with Crippen molar-refractivity contribution in [2.45, 2.75) is 6.42 Å². The first-order chi connectivity index (χ1) is 6.77. The van der Waals surface area contributed by atoms with Gasteiger partial charge in [0.2, 0.25) is 0 Å². The second kappa shape index (κ2) is 5.61. The van der Waals surface area contributed by atoms with Crippen LogP contribution < -0.4 is 4.74 Å². The number of halogens is 2. The van der Waals surface area contributed by atoms with Crippen molar-refractivity contribution in [1.82, 2.24) is 0 Å². The molecule has 0 atom stereocenters. The zero-order valence-corrected chi connectivity index (χ0v) is 9.05. The summed E-state index contributed by atoms with van der Waals surface area (Å²) in [4.78, 5) is 0. The van der Waals surface area contributed by atoms with E-state index in [1.54, 1.807) is 0 Å². The molecule has 0 spiro atoms. The smallest absolute Gasteiger partial charge is 0.137 e. The molecule has 0 amide bonds. The predicted molar refractivity (Wildman–Crippen MR) is 55.0 cm³/mol. The topological polar surface area (TPSA) is 33.0 Å². The van der Waals surface area contributed by atoms with Crippen LogP contribution in [0.1, 0.15) is 12.0 Å². The Balaban J connectivity index is 2.72. The summed E-state index contributed by atoms with van der Waals surface area (Å²) in [7, 11) is 0. The van der Waals surface area contributed by atoms with Crippen molar-refractivity contribution in [3.63, 3.8) is 0 Å². The van der Waals surface area contributed by atoms with E-state index in [1.807, 2.05) is 6.07 Å². The third-order valence-corrected chi connectivity index (χ3v) is 2.16. The molecule has 0 aliphatic heterocycles. The van der Waals surface area contributed by atoms with Crippen molar-refractivity contribution >= 4 is 15.9 Å². The van der Waals surface area contributed by atoms with E-state index in [2.05, 4.69) is 15.9 Å². The molecule has 4 heteroatoms. The Labute approximate surface area is 90.4 Å². The maximum atomic E-state index is 12.7. The van der Waals surface area contributed by atoms with Crippen LogP contribution in [0.2, 0.25) is 0 Å². The lowest BCUT2D eigenvalue weighted by molar-refractivity contribution is 0.317. The van der Waals surface area contributed by atoms with Gasteiger partial charge in [-0.05, 0) is 24.6 Å². The molecule has 1 rings (SSSR count). The van der Waals surface area contributed by atoms with Crippen LogP contribution in [-0.2, 0) is 0 Å². The molecule has 0 aliphatic carbocycles. The van der Waals surface area contributed by atoms with Gasteiger partial charge in [-0.1, -0.05) is 15.9 Å². The van der Waals surface area contributed by atoms with E-state index in [0.717, 1.165) is 11.8 Å². The lowest BCUT2D eigenvalue weighted by Gasteiger charge is -2.06. The van der Waals surface area contributed by atoms with Crippen molar-refractivity contribution in [1.29, 1.82) is 5.26 Å². The Morgan fingerprint density at radius 2 is 2.29 bits per heavy atom. The molecule has 0 fully saturated rings. The molecule has 0 heterocycles. The van der Waals surface area contributed by atoms with E-state index in [1.165, 1.54) is 18.2 Å². The minimum Gasteiger partial charge on any atom is -0.492 e.